The fraction of sp³-hybridized carbons (Fsp3) is 0.783. The standard InChI is InChI=1S/C9H19N3O2.C8H18N2O2.2C3H5NO4.2HNO3.2Y/c1-7(6-14-9(12)13)4-2-3-5-8(10)11;1-7(4-2-3-5-9)6-12-8(10)11;2*1-3(5)2-8-4(6)7;2*2-1(3)4;;/h7H,2-6H2,1H3,(H5,10,11,12,13);7H,2-6,9H2,1H3,(H2,10,11);2*2H2,1H3;2*(H,2,3,4);;/p-2. The van der Waals surface area contributed by atoms with Crippen molar-refractivity contribution in [2.24, 2.45) is 23.3 Å². The van der Waals surface area contributed by atoms with Gasteiger partial charge in [-0.3, -0.25) is 24.6 Å². The molecule has 0 aromatic heterocycles. The Bertz CT molecular complexity index is 924. The predicted molar refractivity (Wildman–Crippen MR) is 168 cm³/mol. The summed E-state index contributed by atoms with van der Waals surface area (Å²) in [7, 11) is 0. The summed E-state index contributed by atoms with van der Waals surface area (Å²) in [6, 6.07) is 0. The number of rotatable bonds is 19. The quantitative estimate of drug-likeness (QED) is 0.0408. The summed E-state index contributed by atoms with van der Waals surface area (Å²) in [6.07, 6.45) is 4.59. The molecule has 0 heterocycles. The number of ketones is 2. The van der Waals surface area contributed by atoms with Gasteiger partial charge < -0.3 is 52.5 Å². The maximum Gasteiger partial charge on any atom is 0.294 e. The molecular weight excluding hydrogens is 868 g/mol. The Morgan fingerprint density at radius 3 is 1.19 bits per heavy atom. The number of nitrogens with two attached hydrogens (primary N) is 2. The number of unbranched alkanes of at least 4 members (excludes halogenated alkanes) is 2. The van der Waals surface area contributed by atoms with E-state index >= 15 is 0 Å². The fourth-order valence-corrected chi connectivity index (χ4v) is 2.34. The smallest absolute Gasteiger partial charge is 0.294 e. The summed E-state index contributed by atoms with van der Waals surface area (Å²) < 4.78 is 9.07. The van der Waals surface area contributed by atoms with E-state index in [0.29, 0.717) is 32.1 Å². The zero-order valence-corrected chi connectivity index (χ0v) is 34.8. The third-order valence-electron chi connectivity index (χ3n) is 4.29. The summed E-state index contributed by atoms with van der Waals surface area (Å²) in [4.78, 5) is 82.9. The number of Topliss-reactive ketones (excluding diaryl/α,β-unsaturated/α-hetero) is 2. The minimum Gasteiger partial charge on any atom is -0.632 e. The molecule has 52 heavy (non-hydrogen) atoms. The van der Waals surface area contributed by atoms with Crippen LogP contribution in [0.5, 0.6) is 0 Å². The van der Waals surface area contributed by atoms with Crippen LogP contribution in [0.2, 0.25) is 0 Å². The van der Waals surface area contributed by atoms with Crippen LogP contribution >= 0.6 is 0 Å². The monoisotopic (exact) mass is 915 g/mol. The molecule has 29 heteroatoms. The predicted octanol–water partition coefficient (Wildman–Crippen LogP) is 3.11. The summed E-state index contributed by atoms with van der Waals surface area (Å²) >= 11 is 0. The molecule has 0 aromatic carbocycles. The first-order valence-electron chi connectivity index (χ1n) is 13.9. The number of hydrogen-bond donors (Lipinski definition) is 5. The molecule has 0 aromatic rings. The van der Waals surface area contributed by atoms with Gasteiger partial charge in [-0.05, 0) is 57.9 Å². The average molecular weight is 915 g/mol. The minimum atomic E-state index is -1.50. The molecule has 9 N–H and O–H groups in total. The van der Waals surface area contributed by atoms with Crippen LogP contribution in [0.4, 0.5) is 9.59 Å². The normalized spacial score (nSPS) is 9.56. The number of carbonyl (C=O) groups excluding carboxylic acids is 4. The van der Waals surface area contributed by atoms with Crippen LogP contribution in [-0.4, -0.2) is 93.3 Å². The van der Waals surface area contributed by atoms with E-state index in [4.69, 9.17) is 59.0 Å². The van der Waals surface area contributed by atoms with E-state index in [2.05, 4.69) is 19.1 Å². The number of nitrogens with one attached hydrogen (secondary N) is 3. The van der Waals surface area contributed by atoms with Crippen LogP contribution in [0.25, 0.3) is 11.5 Å². The van der Waals surface area contributed by atoms with Gasteiger partial charge in [0.25, 0.3) is 20.3 Å². The Kier molecular flexibility index (Phi) is 63.3. The van der Waals surface area contributed by atoms with Crippen molar-refractivity contribution in [2.45, 2.75) is 72.6 Å². The first-order valence-corrected chi connectivity index (χ1v) is 13.9. The number of ether oxygens (including phenoxy) is 2. The molecule has 0 rings (SSSR count). The third-order valence-corrected chi connectivity index (χ3v) is 4.29. The van der Waals surface area contributed by atoms with Gasteiger partial charge >= 0.3 is 0 Å². The Morgan fingerprint density at radius 1 is 0.712 bits per heavy atom. The number of nitrogens with zero attached hydrogens (tertiary/aromatic N) is 4. The van der Waals surface area contributed by atoms with Crippen molar-refractivity contribution >= 4 is 29.6 Å². The van der Waals surface area contributed by atoms with Gasteiger partial charge in [-0.1, -0.05) is 26.7 Å². The number of amides is 2. The molecule has 300 valence electrons. The topological polar surface area (TPSA) is 442 Å². The molecule has 0 bridgehead atoms. The van der Waals surface area contributed by atoms with Crippen LogP contribution in [0.1, 0.15) is 72.6 Å². The first-order chi connectivity index (χ1) is 22.9. The van der Waals surface area contributed by atoms with E-state index in [-0.39, 0.29) is 88.7 Å². The van der Waals surface area contributed by atoms with Gasteiger partial charge in [-0.25, -0.2) is 0 Å². The minimum absolute atomic E-state index is 0. The van der Waals surface area contributed by atoms with Crippen LogP contribution in [-0.2, 0) is 94.2 Å². The van der Waals surface area contributed by atoms with Crippen LogP contribution < -0.4 is 11.5 Å². The largest absolute Gasteiger partial charge is 0.632 e. The molecule has 27 nitrogen and oxygen atoms in total. The van der Waals surface area contributed by atoms with Gasteiger partial charge in [0.05, 0.1) is 19.0 Å². The van der Waals surface area contributed by atoms with Crippen molar-refractivity contribution in [1.29, 1.82) is 5.41 Å². The molecule has 2 unspecified atom stereocenters. The Morgan fingerprint density at radius 2 is 1.00 bits per heavy atom. The average Bonchev–Trinajstić information content (AvgIpc) is 2.95. The summed E-state index contributed by atoms with van der Waals surface area (Å²) in [5, 5.41) is 51.0. The van der Waals surface area contributed by atoms with Crippen molar-refractivity contribution < 1.29 is 135 Å². The molecule has 0 aliphatic carbocycles. The van der Waals surface area contributed by atoms with E-state index < -0.39 is 45.7 Å². The van der Waals surface area contributed by atoms with Crippen LogP contribution in [0, 0.1) is 57.7 Å². The molecule has 0 fully saturated rings. The Labute approximate surface area is 348 Å². The molecule has 2 atom stereocenters. The number of hydrogen-bond acceptors (Lipinski definition) is 18. The van der Waals surface area contributed by atoms with Crippen LogP contribution in [0.15, 0.2) is 0 Å². The van der Waals surface area contributed by atoms with Crippen molar-refractivity contribution in [3.63, 3.8) is 0 Å². The van der Waals surface area contributed by atoms with Gasteiger partial charge in [0.1, 0.15) is 0 Å². The molecule has 0 aliphatic heterocycles. The van der Waals surface area contributed by atoms with Crippen molar-refractivity contribution in [1.82, 2.24) is 0 Å². The zero-order valence-electron chi connectivity index (χ0n) is 29.2. The number of carbonyl (C=O) groups is 4. The molecule has 0 aliphatic rings. The summed E-state index contributed by atoms with van der Waals surface area (Å²) in [5.74, 6) is 0.112. The van der Waals surface area contributed by atoms with E-state index in [1.807, 2.05) is 13.8 Å². The molecule has 0 saturated heterocycles. The SMILES string of the molecule is CC(=O)CO[N+](=O)[O-].CC(=O)CO[N+](=O)[O-].CC(CCCCC(=N)N)COC([NH-])=O.CC(CCCCN)COC([NH-])=O.O=[N+]([O-])O.O=[N+]([O-])O.[Y].[Y]. The van der Waals surface area contributed by atoms with Gasteiger partial charge in [0, 0.05) is 71.8 Å². The fourth-order valence-electron chi connectivity index (χ4n) is 2.34. The molecule has 2 amide bonds. The molecule has 0 spiro atoms. The van der Waals surface area contributed by atoms with Gasteiger partial charge in [0.15, 0.2) is 24.8 Å². The second-order valence-corrected chi connectivity index (χ2v) is 9.34. The maximum absolute atomic E-state index is 10.2. The van der Waals surface area contributed by atoms with Crippen LogP contribution in [0.3, 0.4) is 0 Å². The summed E-state index contributed by atoms with van der Waals surface area (Å²) in [5.41, 5.74) is 23.6. The van der Waals surface area contributed by atoms with Gasteiger partial charge in [-0.15, -0.1) is 40.5 Å². The maximum atomic E-state index is 10.2. The third kappa shape index (κ3) is 119. The van der Waals surface area contributed by atoms with Crippen molar-refractivity contribution in [3.8, 4) is 0 Å². The molecule has 0 saturated carbocycles. The number of amidine groups is 1. The summed E-state index contributed by atoms with van der Waals surface area (Å²) in [6.45, 7) is 6.86. The zero-order chi connectivity index (χ0) is 40.7. The second kappa shape index (κ2) is 49.4. The van der Waals surface area contributed by atoms with E-state index in [0.717, 1.165) is 38.5 Å². The van der Waals surface area contributed by atoms with E-state index in [1.165, 1.54) is 13.8 Å². The van der Waals surface area contributed by atoms with Gasteiger partial charge in [0.2, 0.25) is 12.2 Å². The second-order valence-electron chi connectivity index (χ2n) is 9.34. The Balaban J connectivity index is -0.0000000778. The Hall–Kier alpha value is -3.68. The van der Waals surface area contributed by atoms with E-state index in [1.54, 1.807) is 0 Å². The van der Waals surface area contributed by atoms with Gasteiger partial charge in [-0.2, -0.15) is 0 Å². The van der Waals surface area contributed by atoms with Crippen molar-refractivity contribution in [3.05, 3.63) is 51.9 Å². The molecule has 2 radical (unpaired) electrons. The van der Waals surface area contributed by atoms with Crippen molar-refractivity contribution in [2.75, 3.05) is 33.0 Å². The first kappa shape index (κ1) is 66.6. The molecular formula is C23H47N9O18Y2-2. The van der Waals surface area contributed by atoms with E-state index in [9.17, 15) is 39.4 Å².